The minimum absolute atomic E-state index is 0.174. The largest absolute Gasteiger partial charge is 0.508 e. The van der Waals surface area contributed by atoms with E-state index in [0.29, 0.717) is 19.8 Å². The van der Waals surface area contributed by atoms with Crippen LogP contribution in [0, 0.1) is 0 Å². The predicted octanol–water partition coefficient (Wildman–Crippen LogP) is 9.09. The van der Waals surface area contributed by atoms with Gasteiger partial charge in [0.1, 0.15) is 6.10 Å². The van der Waals surface area contributed by atoms with Crippen LogP contribution in [-0.4, -0.2) is 67.8 Å². The number of carbonyl (C=O) groups is 2. The Bertz CT molecular complexity index is 578. The number of carboxylic acid groups (broad SMARTS) is 1. The minimum atomic E-state index is -1.15. The van der Waals surface area contributed by atoms with Gasteiger partial charge in [-0.1, -0.05) is 90.9 Å². The van der Waals surface area contributed by atoms with E-state index in [-0.39, 0.29) is 6.10 Å². The first kappa shape index (κ1) is 39.5. The summed E-state index contributed by atoms with van der Waals surface area (Å²) in [4.78, 5) is 25.3. The van der Waals surface area contributed by atoms with Crippen LogP contribution >= 0.6 is 0 Å². The molecule has 0 aromatic rings. The molecule has 0 heterocycles. The van der Waals surface area contributed by atoms with Crippen LogP contribution in [0.1, 0.15) is 155 Å². The van der Waals surface area contributed by atoms with E-state index in [0.717, 1.165) is 103 Å². The molecule has 244 valence electrons. The summed E-state index contributed by atoms with van der Waals surface area (Å²) in [6.07, 6.45) is 22.4. The summed E-state index contributed by atoms with van der Waals surface area (Å²) < 4.78 is 15.5. The van der Waals surface area contributed by atoms with Crippen LogP contribution in [0.25, 0.3) is 0 Å². The van der Waals surface area contributed by atoms with Crippen LogP contribution in [0.2, 0.25) is 0 Å². The van der Waals surface area contributed by atoms with Gasteiger partial charge < -0.3 is 30.0 Å². The second-order valence-electron chi connectivity index (χ2n) is 11.5. The highest BCUT2D eigenvalue weighted by molar-refractivity contribution is 5.59. The molecule has 0 aromatic heterocycles. The second-order valence-corrected chi connectivity index (χ2v) is 11.5. The van der Waals surface area contributed by atoms with Gasteiger partial charge in [-0.05, 0) is 90.4 Å². The third-order valence-electron chi connectivity index (χ3n) is 7.63. The first-order valence-electron chi connectivity index (χ1n) is 17.1. The molecule has 0 aromatic carbocycles. The summed E-state index contributed by atoms with van der Waals surface area (Å²) in [7, 11) is 0. The fourth-order valence-electron chi connectivity index (χ4n) is 5.12. The quantitative estimate of drug-likeness (QED) is 0.0611. The van der Waals surface area contributed by atoms with E-state index < -0.39 is 12.3 Å². The highest BCUT2D eigenvalue weighted by Crippen LogP contribution is 2.16. The van der Waals surface area contributed by atoms with Gasteiger partial charge in [0.05, 0.1) is 13.2 Å². The Labute approximate surface area is 252 Å². The number of carbonyl (C=O) groups excluding carboxylic acids is 1. The third kappa shape index (κ3) is 29.7. The SMILES string of the molecule is CCCCCCCCCOC(=O)OCCCCCN(CCCN)CCCCCC(CCCCCCCC)OC(=O)O. The standard InChI is InChI=1S/C33H66N2O6/c1-3-5-7-9-11-13-20-29-39-33(38)40-30-21-15-19-27-35(28-22-25-34)26-18-14-17-24-31(41-32(36)37)23-16-12-10-8-6-4-2/h31H,3-30,34H2,1-2H3,(H,36,37). The second kappa shape index (κ2) is 31.4. The Balaban J connectivity index is 3.93. The predicted molar refractivity (Wildman–Crippen MR) is 169 cm³/mol. The van der Waals surface area contributed by atoms with E-state index in [1.165, 1.54) is 57.8 Å². The highest BCUT2D eigenvalue weighted by Gasteiger charge is 2.13. The first-order valence-corrected chi connectivity index (χ1v) is 17.1. The fraction of sp³-hybridized carbons (Fsp3) is 0.939. The van der Waals surface area contributed by atoms with Gasteiger partial charge in [0, 0.05) is 0 Å². The van der Waals surface area contributed by atoms with E-state index in [2.05, 4.69) is 18.7 Å². The van der Waals surface area contributed by atoms with Gasteiger partial charge in [-0.3, -0.25) is 0 Å². The number of ether oxygens (including phenoxy) is 3. The normalized spacial score (nSPS) is 12.0. The van der Waals surface area contributed by atoms with Gasteiger partial charge in [-0.15, -0.1) is 0 Å². The van der Waals surface area contributed by atoms with E-state index in [1.807, 2.05) is 0 Å². The summed E-state index contributed by atoms with van der Waals surface area (Å²) in [5.41, 5.74) is 5.75. The van der Waals surface area contributed by atoms with E-state index >= 15 is 0 Å². The molecular formula is C33H66N2O6. The van der Waals surface area contributed by atoms with Crippen LogP contribution in [0.4, 0.5) is 9.59 Å². The average Bonchev–Trinajstić information content (AvgIpc) is 2.95. The number of hydrogen-bond acceptors (Lipinski definition) is 7. The molecule has 0 saturated heterocycles. The Hall–Kier alpha value is -1.54. The molecule has 0 bridgehead atoms. The minimum Gasteiger partial charge on any atom is -0.450 e. The molecule has 0 rings (SSSR count). The van der Waals surface area contributed by atoms with Gasteiger partial charge in [0.15, 0.2) is 0 Å². The smallest absolute Gasteiger partial charge is 0.450 e. The number of nitrogens with two attached hydrogens (primary N) is 1. The summed E-state index contributed by atoms with van der Waals surface area (Å²) in [6.45, 7) is 9.04. The average molecular weight is 587 g/mol. The Morgan fingerprint density at radius 1 is 0.610 bits per heavy atom. The molecule has 0 aliphatic heterocycles. The van der Waals surface area contributed by atoms with Crippen LogP contribution in [-0.2, 0) is 14.2 Å². The molecular weight excluding hydrogens is 520 g/mol. The molecule has 0 aliphatic carbocycles. The Morgan fingerprint density at radius 3 is 1.51 bits per heavy atom. The zero-order valence-corrected chi connectivity index (χ0v) is 26.9. The number of rotatable bonds is 31. The topological polar surface area (TPSA) is 111 Å². The fourth-order valence-corrected chi connectivity index (χ4v) is 5.12. The lowest BCUT2D eigenvalue weighted by Crippen LogP contribution is -2.28. The van der Waals surface area contributed by atoms with Crippen molar-refractivity contribution in [2.75, 3.05) is 39.4 Å². The molecule has 0 spiro atoms. The highest BCUT2D eigenvalue weighted by atomic mass is 16.7. The van der Waals surface area contributed by atoms with Crippen molar-refractivity contribution in [3.8, 4) is 0 Å². The maximum absolute atomic E-state index is 11.7. The molecule has 8 heteroatoms. The lowest BCUT2D eigenvalue weighted by Gasteiger charge is -2.22. The van der Waals surface area contributed by atoms with Crippen molar-refractivity contribution in [1.82, 2.24) is 4.90 Å². The molecule has 41 heavy (non-hydrogen) atoms. The zero-order chi connectivity index (χ0) is 30.2. The van der Waals surface area contributed by atoms with Crippen molar-refractivity contribution in [1.29, 1.82) is 0 Å². The third-order valence-corrected chi connectivity index (χ3v) is 7.63. The van der Waals surface area contributed by atoms with E-state index in [1.54, 1.807) is 0 Å². The van der Waals surface area contributed by atoms with Gasteiger partial charge in [0.2, 0.25) is 0 Å². The van der Waals surface area contributed by atoms with Gasteiger partial charge in [-0.25, -0.2) is 9.59 Å². The molecule has 0 radical (unpaired) electrons. The van der Waals surface area contributed by atoms with Crippen molar-refractivity contribution >= 4 is 12.3 Å². The molecule has 1 unspecified atom stereocenters. The molecule has 0 fully saturated rings. The molecule has 0 saturated carbocycles. The molecule has 3 N–H and O–H groups in total. The molecule has 1 atom stereocenters. The number of unbranched alkanes of at least 4 members (excludes halogenated alkanes) is 15. The number of nitrogens with zero attached hydrogens (tertiary/aromatic N) is 1. The summed E-state index contributed by atoms with van der Waals surface area (Å²) >= 11 is 0. The van der Waals surface area contributed by atoms with Crippen LogP contribution < -0.4 is 5.73 Å². The van der Waals surface area contributed by atoms with Crippen LogP contribution in [0.3, 0.4) is 0 Å². The van der Waals surface area contributed by atoms with Crippen molar-refractivity contribution in [3.63, 3.8) is 0 Å². The monoisotopic (exact) mass is 586 g/mol. The molecule has 0 aliphatic rings. The van der Waals surface area contributed by atoms with Gasteiger partial charge in [-0.2, -0.15) is 0 Å². The maximum atomic E-state index is 11.7. The van der Waals surface area contributed by atoms with Crippen LogP contribution in [0.5, 0.6) is 0 Å². The lowest BCUT2D eigenvalue weighted by molar-refractivity contribution is 0.0420. The molecule has 8 nitrogen and oxygen atoms in total. The van der Waals surface area contributed by atoms with Crippen molar-refractivity contribution in [2.24, 2.45) is 5.73 Å². The van der Waals surface area contributed by atoms with Crippen LogP contribution in [0.15, 0.2) is 0 Å². The number of hydrogen-bond donors (Lipinski definition) is 2. The van der Waals surface area contributed by atoms with Crippen molar-refractivity contribution in [2.45, 2.75) is 161 Å². The Morgan fingerprint density at radius 2 is 1.02 bits per heavy atom. The molecule has 0 amide bonds. The summed E-state index contributed by atoms with van der Waals surface area (Å²) in [5.74, 6) is 0. The summed E-state index contributed by atoms with van der Waals surface area (Å²) in [5, 5.41) is 9.09. The summed E-state index contributed by atoms with van der Waals surface area (Å²) in [6, 6.07) is 0. The Kier molecular flexibility index (Phi) is 30.2. The van der Waals surface area contributed by atoms with Crippen molar-refractivity contribution in [3.05, 3.63) is 0 Å². The van der Waals surface area contributed by atoms with E-state index in [9.17, 15) is 9.59 Å². The van der Waals surface area contributed by atoms with Gasteiger partial charge in [0.25, 0.3) is 0 Å². The first-order chi connectivity index (χ1) is 20.0. The lowest BCUT2D eigenvalue weighted by atomic mass is 10.0. The maximum Gasteiger partial charge on any atom is 0.508 e. The van der Waals surface area contributed by atoms with E-state index in [4.69, 9.17) is 25.1 Å². The van der Waals surface area contributed by atoms with Gasteiger partial charge >= 0.3 is 12.3 Å². The zero-order valence-electron chi connectivity index (χ0n) is 26.9. The van der Waals surface area contributed by atoms with Crippen molar-refractivity contribution < 1.29 is 28.9 Å².